The third-order valence-corrected chi connectivity index (χ3v) is 2.49. The fraction of sp³-hybridized carbons (Fsp3) is 0.417. The van der Waals surface area contributed by atoms with Crippen LogP contribution >= 0.6 is 0 Å². The van der Waals surface area contributed by atoms with Gasteiger partial charge in [-0.25, -0.2) is 8.78 Å². The zero-order valence-corrected chi connectivity index (χ0v) is 10.3. The van der Waals surface area contributed by atoms with Gasteiger partial charge in [0.1, 0.15) is 11.6 Å². The summed E-state index contributed by atoms with van der Waals surface area (Å²) in [4.78, 5) is 11.7. The van der Waals surface area contributed by atoms with Crippen LogP contribution in [0.15, 0.2) is 12.1 Å². The van der Waals surface area contributed by atoms with Crippen LogP contribution < -0.4 is 11.1 Å². The first kappa shape index (κ1) is 14.4. The maximum atomic E-state index is 13.4. The monoisotopic (exact) mass is 258 g/mol. The third-order valence-electron chi connectivity index (χ3n) is 2.49. The minimum atomic E-state index is -0.971. The average Bonchev–Trinajstić information content (AvgIpc) is 2.31. The molecular weight excluding hydrogens is 242 g/mol. The lowest BCUT2D eigenvalue weighted by Crippen LogP contribution is -2.36. The van der Waals surface area contributed by atoms with E-state index in [2.05, 4.69) is 5.32 Å². The van der Waals surface area contributed by atoms with Crippen molar-refractivity contribution >= 4 is 11.6 Å². The Kier molecular flexibility index (Phi) is 4.24. The number of carbonyl (C=O) groups is 1. The highest BCUT2D eigenvalue weighted by atomic mass is 19.1. The van der Waals surface area contributed by atoms with Crippen molar-refractivity contribution in [3.63, 3.8) is 0 Å². The molecule has 0 heterocycles. The van der Waals surface area contributed by atoms with Crippen LogP contribution in [0, 0.1) is 17.0 Å². The Labute approximate surface area is 104 Å². The minimum absolute atomic E-state index is 0.124. The highest BCUT2D eigenvalue weighted by molar-refractivity contribution is 5.95. The number of nitrogens with one attached hydrogen (secondary N) is 1. The zero-order chi connectivity index (χ0) is 13.9. The van der Waals surface area contributed by atoms with E-state index in [1.54, 1.807) is 13.8 Å². The van der Waals surface area contributed by atoms with Gasteiger partial charge in [0.15, 0.2) is 0 Å². The highest BCUT2D eigenvalue weighted by Crippen LogP contribution is 2.17. The fourth-order valence-electron chi connectivity index (χ4n) is 1.21. The lowest BCUT2D eigenvalue weighted by atomic mass is 9.95. The molecule has 4 N–H and O–H groups in total. The van der Waals surface area contributed by atoms with E-state index in [0.717, 1.165) is 6.07 Å². The van der Waals surface area contributed by atoms with Crippen molar-refractivity contribution < 1.29 is 18.7 Å². The average molecular weight is 258 g/mol. The van der Waals surface area contributed by atoms with Crippen LogP contribution in [-0.2, 0) is 0 Å². The number of aliphatic hydroxyl groups excluding tert-OH is 1. The van der Waals surface area contributed by atoms with Gasteiger partial charge < -0.3 is 16.2 Å². The molecule has 0 aliphatic rings. The smallest absolute Gasteiger partial charge is 0.254 e. The SMILES string of the molecule is CC(C)(CO)CNC(=O)c1cc(N)c(F)cc1F. The number of aliphatic hydroxyl groups is 1. The molecule has 0 atom stereocenters. The van der Waals surface area contributed by atoms with E-state index in [0.29, 0.717) is 6.07 Å². The predicted molar refractivity (Wildman–Crippen MR) is 64.0 cm³/mol. The van der Waals surface area contributed by atoms with Gasteiger partial charge in [-0.2, -0.15) is 0 Å². The summed E-state index contributed by atoms with van der Waals surface area (Å²) in [5.41, 5.74) is 4.15. The first-order valence-corrected chi connectivity index (χ1v) is 5.40. The molecule has 0 unspecified atom stereocenters. The van der Waals surface area contributed by atoms with Gasteiger partial charge in [0, 0.05) is 24.6 Å². The van der Waals surface area contributed by atoms with Crippen LogP contribution in [0.25, 0.3) is 0 Å². The molecule has 0 spiro atoms. The van der Waals surface area contributed by atoms with Crippen molar-refractivity contribution in [3.05, 3.63) is 29.3 Å². The summed E-state index contributed by atoms with van der Waals surface area (Å²) in [7, 11) is 0. The molecule has 0 fully saturated rings. The van der Waals surface area contributed by atoms with Gasteiger partial charge in [-0.1, -0.05) is 13.8 Å². The largest absolute Gasteiger partial charge is 0.396 e. The molecule has 0 saturated carbocycles. The second kappa shape index (κ2) is 5.30. The molecule has 0 radical (unpaired) electrons. The van der Waals surface area contributed by atoms with Gasteiger partial charge in [0.25, 0.3) is 5.91 Å². The van der Waals surface area contributed by atoms with Crippen LogP contribution in [0.1, 0.15) is 24.2 Å². The van der Waals surface area contributed by atoms with Gasteiger partial charge >= 0.3 is 0 Å². The number of nitrogen functional groups attached to an aromatic ring is 1. The lowest BCUT2D eigenvalue weighted by molar-refractivity contribution is 0.0907. The molecule has 1 aromatic carbocycles. The number of hydrogen-bond acceptors (Lipinski definition) is 3. The summed E-state index contributed by atoms with van der Waals surface area (Å²) in [6.45, 7) is 3.52. The van der Waals surface area contributed by atoms with Crippen LogP contribution in [-0.4, -0.2) is 24.2 Å². The summed E-state index contributed by atoms with van der Waals surface area (Å²) >= 11 is 0. The molecule has 6 heteroatoms. The molecule has 18 heavy (non-hydrogen) atoms. The molecule has 100 valence electrons. The molecule has 0 aliphatic carbocycles. The number of carbonyl (C=O) groups excluding carboxylic acids is 1. The van der Waals surface area contributed by atoms with Crippen molar-refractivity contribution in [3.8, 4) is 0 Å². The summed E-state index contributed by atoms with van der Waals surface area (Å²) < 4.78 is 26.3. The van der Waals surface area contributed by atoms with Gasteiger partial charge in [-0.15, -0.1) is 0 Å². The number of halogens is 2. The first-order chi connectivity index (χ1) is 8.26. The van der Waals surface area contributed by atoms with Gasteiger partial charge in [-0.05, 0) is 6.07 Å². The Balaban J connectivity index is 2.82. The van der Waals surface area contributed by atoms with E-state index in [1.165, 1.54) is 0 Å². The van der Waals surface area contributed by atoms with E-state index in [-0.39, 0.29) is 24.4 Å². The second-order valence-electron chi connectivity index (χ2n) is 4.86. The number of rotatable bonds is 4. The van der Waals surface area contributed by atoms with Crippen LogP contribution in [0.4, 0.5) is 14.5 Å². The normalized spacial score (nSPS) is 11.4. The van der Waals surface area contributed by atoms with Gasteiger partial charge in [-0.3, -0.25) is 4.79 Å². The molecular formula is C12H16F2N2O2. The van der Waals surface area contributed by atoms with E-state index < -0.39 is 23.0 Å². The Bertz CT molecular complexity index is 462. The van der Waals surface area contributed by atoms with E-state index in [9.17, 15) is 13.6 Å². The maximum Gasteiger partial charge on any atom is 0.254 e. The van der Waals surface area contributed by atoms with Crippen LogP contribution in [0.3, 0.4) is 0 Å². The minimum Gasteiger partial charge on any atom is -0.396 e. The Morgan fingerprint density at radius 1 is 1.39 bits per heavy atom. The molecule has 4 nitrogen and oxygen atoms in total. The van der Waals surface area contributed by atoms with Crippen molar-refractivity contribution in [2.75, 3.05) is 18.9 Å². The molecule has 0 saturated heterocycles. The number of nitrogens with two attached hydrogens (primary N) is 1. The topological polar surface area (TPSA) is 75.3 Å². The van der Waals surface area contributed by atoms with Crippen LogP contribution in [0.2, 0.25) is 0 Å². The van der Waals surface area contributed by atoms with Crippen molar-refractivity contribution in [1.82, 2.24) is 5.32 Å². The Hall–Kier alpha value is -1.69. The number of hydrogen-bond donors (Lipinski definition) is 3. The van der Waals surface area contributed by atoms with E-state index in [4.69, 9.17) is 10.8 Å². The van der Waals surface area contributed by atoms with E-state index in [1.807, 2.05) is 0 Å². The highest BCUT2D eigenvalue weighted by Gasteiger charge is 2.20. The van der Waals surface area contributed by atoms with Crippen molar-refractivity contribution in [2.24, 2.45) is 5.41 Å². The molecule has 1 rings (SSSR count). The summed E-state index contributed by atoms with van der Waals surface area (Å²) in [5, 5.41) is 11.5. The Morgan fingerprint density at radius 2 is 2.00 bits per heavy atom. The molecule has 1 aromatic rings. The van der Waals surface area contributed by atoms with Gasteiger partial charge in [0.2, 0.25) is 0 Å². The third kappa shape index (κ3) is 3.40. The van der Waals surface area contributed by atoms with Crippen LogP contribution in [0.5, 0.6) is 0 Å². The molecule has 0 aromatic heterocycles. The number of anilines is 1. The lowest BCUT2D eigenvalue weighted by Gasteiger charge is -2.21. The predicted octanol–water partition coefficient (Wildman–Crippen LogP) is 1.30. The summed E-state index contributed by atoms with van der Waals surface area (Å²) in [6, 6.07) is 1.52. The molecule has 0 bridgehead atoms. The quantitative estimate of drug-likeness (QED) is 0.712. The first-order valence-electron chi connectivity index (χ1n) is 5.40. The second-order valence-corrected chi connectivity index (χ2v) is 4.86. The van der Waals surface area contributed by atoms with E-state index >= 15 is 0 Å². The summed E-state index contributed by atoms with van der Waals surface area (Å²) in [5.74, 6) is -2.57. The zero-order valence-electron chi connectivity index (χ0n) is 10.3. The molecule has 1 amide bonds. The van der Waals surface area contributed by atoms with Crippen molar-refractivity contribution in [2.45, 2.75) is 13.8 Å². The standard InChI is InChI=1S/C12H16F2N2O2/c1-12(2,6-17)5-16-11(18)7-3-10(15)9(14)4-8(7)13/h3-4,17H,5-6,15H2,1-2H3,(H,16,18). The summed E-state index contributed by atoms with van der Waals surface area (Å²) in [6.07, 6.45) is 0. The number of benzene rings is 1. The number of amides is 1. The fourth-order valence-corrected chi connectivity index (χ4v) is 1.21. The molecule has 0 aliphatic heterocycles. The van der Waals surface area contributed by atoms with Crippen molar-refractivity contribution in [1.29, 1.82) is 0 Å². The van der Waals surface area contributed by atoms with Gasteiger partial charge in [0.05, 0.1) is 11.3 Å². The maximum absolute atomic E-state index is 13.4. The Morgan fingerprint density at radius 3 is 2.56 bits per heavy atom.